The molecule has 1 heterocycles. The highest BCUT2D eigenvalue weighted by molar-refractivity contribution is 7.80. The largest absolute Gasteiger partial charge is 0.492 e. The van der Waals surface area contributed by atoms with E-state index in [0.717, 1.165) is 34.3 Å². The molecule has 0 saturated heterocycles. The maximum Gasteiger partial charge on any atom is 0.187 e. The van der Waals surface area contributed by atoms with Gasteiger partial charge in [-0.3, -0.25) is 5.43 Å². The number of thiocarbonyl (C=S) groups is 1. The normalized spacial score (nSPS) is 11.0. The molecule has 0 aliphatic heterocycles. The third kappa shape index (κ3) is 5.74. The lowest BCUT2D eigenvalue weighted by Gasteiger charge is -2.08. The molecule has 0 bridgehead atoms. The van der Waals surface area contributed by atoms with Gasteiger partial charge in [0.05, 0.1) is 12.8 Å². The van der Waals surface area contributed by atoms with Gasteiger partial charge in [-0.1, -0.05) is 60.7 Å². The van der Waals surface area contributed by atoms with Gasteiger partial charge in [-0.15, -0.1) is 0 Å². The zero-order valence-electron chi connectivity index (χ0n) is 18.0. The lowest BCUT2D eigenvalue weighted by molar-refractivity contribution is 0.300. The fourth-order valence-corrected chi connectivity index (χ4v) is 3.63. The summed E-state index contributed by atoms with van der Waals surface area (Å²) in [5.74, 6) is 0.893. The highest BCUT2D eigenvalue weighted by Crippen LogP contribution is 2.20. The first-order valence-electron chi connectivity index (χ1n) is 10.6. The Morgan fingerprint density at radius 2 is 1.84 bits per heavy atom. The van der Waals surface area contributed by atoms with Crippen LogP contribution < -0.4 is 15.5 Å². The van der Waals surface area contributed by atoms with Crippen LogP contribution >= 0.6 is 12.2 Å². The Kier molecular flexibility index (Phi) is 7.15. The highest BCUT2D eigenvalue weighted by atomic mass is 32.1. The van der Waals surface area contributed by atoms with Gasteiger partial charge < -0.3 is 14.6 Å². The van der Waals surface area contributed by atoms with Crippen LogP contribution in [0.2, 0.25) is 0 Å². The van der Waals surface area contributed by atoms with Gasteiger partial charge in [0, 0.05) is 29.2 Å². The van der Waals surface area contributed by atoms with E-state index >= 15 is 0 Å². The Labute approximate surface area is 193 Å². The number of hydrogen-bond donors (Lipinski definition) is 2. The smallest absolute Gasteiger partial charge is 0.187 e. The molecule has 0 radical (unpaired) electrons. The first-order valence-corrected chi connectivity index (χ1v) is 11.0. The summed E-state index contributed by atoms with van der Waals surface area (Å²) >= 11 is 5.32. The highest BCUT2D eigenvalue weighted by Gasteiger charge is 2.07. The Hall–Kier alpha value is -3.64. The van der Waals surface area contributed by atoms with Crippen molar-refractivity contribution in [3.63, 3.8) is 0 Å². The lowest BCUT2D eigenvalue weighted by Crippen LogP contribution is -2.31. The number of rotatable bonds is 8. The number of benzene rings is 3. The topological polar surface area (TPSA) is 50.6 Å². The predicted octanol–water partition coefficient (Wildman–Crippen LogP) is 5.03. The fraction of sp³-hybridized carbons (Fsp3) is 0.154. The van der Waals surface area contributed by atoms with E-state index < -0.39 is 0 Å². The predicted molar refractivity (Wildman–Crippen MR) is 135 cm³/mol. The number of para-hydroxylation sites is 1. The van der Waals surface area contributed by atoms with Crippen LogP contribution in [0.1, 0.15) is 16.7 Å². The van der Waals surface area contributed by atoms with E-state index in [1.807, 2.05) is 48.5 Å². The van der Waals surface area contributed by atoms with Gasteiger partial charge in [0.15, 0.2) is 5.11 Å². The van der Waals surface area contributed by atoms with Crippen LogP contribution in [0.15, 0.2) is 90.2 Å². The second-order valence-electron chi connectivity index (χ2n) is 7.50. The van der Waals surface area contributed by atoms with Crippen molar-refractivity contribution in [3.8, 4) is 5.75 Å². The van der Waals surface area contributed by atoms with Gasteiger partial charge in [0.2, 0.25) is 0 Å². The zero-order chi connectivity index (χ0) is 22.2. The first kappa shape index (κ1) is 21.6. The third-order valence-corrected chi connectivity index (χ3v) is 5.31. The minimum absolute atomic E-state index is 0.486. The molecule has 2 N–H and O–H groups in total. The molecule has 0 fully saturated rings. The second-order valence-corrected chi connectivity index (χ2v) is 7.91. The number of ether oxygens (including phenoxy) is 1. The van der Waals surface area contributed by atoms with Crippen molar-refractivity contribution >= 4 is 34.4 Å². The number of nitrogens with zero attached hydrogens (tertiary/aromatic N) is 2. The van der Waals surface area contributed by atoms with E-state index in [1.165, 1.54) is 5.56 Å². The quantitative estimate of drug-likeness (QED) is 0.228. The van der Waals surface area contributed by atoms with E-state index in [0.29, 0.717) is 18.3 Å². The lowest BCUT2D eigenvalue weighted by atomic mass is 10.2. The maximum atomic E-state index is 5.93. The van der Waals surface area contributed by atoms with Crippen LogP contribution in [0.5, 0.6) is 5.75 Å². The summed E-state index contributed by atoms with van der Waals surface area (Å²) in [6.45, 7) is 4.05. The molecular weight excluding hydrogens is 416 g/mol. The van der Waals surface area contributed by atoms with Crippen LogP contribution in [0.4, 0.5) is 0 Å². The molecule has 0 amide bonds. The van der Waals surface area contributed by atoms with Crippen molar-refractivity contribution < 1.29 is 4.74 Å². The monoisotopic (exact) mass is 442 g/mol. The van der Waals surface area contributed by atoms with Crippen LogP contribution in [-0.2, 0) is 13.1 Å². The van der Waals surface area contributed by atoms with E-state index in [4.69, 9.17) is 17.0 Å². The number of fused-ring (bicyclic) bond motifs is 1. The molecule has 5 nitrogen and oxygen atoms in total. The molecule has 32 heavy (non-hydrogen) atoms. The Morgan fingerprint density at radius 3 is 2.69 bits per heavy atom. The minimum atomic E-state index is 0.486. The van der Waals surface area contributed by atoms with Gasteiger partial charge in [-0.25, -0.2) is 0 Å². The molecule has 0 aliphatic rings. The Balaban J connectivity index is 1.36. The summed E-state index contributed by atoms with van der Waals surface area (Å²) in [4.78, 5) is 0. The molecule has 0 spiro atoms. The van der Waals surface area contributed by atoms with Gasteiger partial charge >= 0.3 is 0 Å². The zero-order valence-corrected chi connectivity index (χ0v) is 18.8. The van der Waals surface area contributed by atoms with Crippen molar-refractivity contribution in [2.75, 3.05) is 6.61 Å². The van der Waals surface area contributed by atoms with E-state index in [-0.39, 0.29) is 0 Å². The summed E-state index contributed by atoms with van der Waals surface area (Å²) in [5, 5.41) is 9.11. The van der Waals surface area contributed by atoms with Crippen molar-refractivity contribution in [3.05, 3.63) is 102 Å². The van der Waals surface area contributed by atoms with Gasteiger partial charge in [-0.05, 0) is 48.5 Å². The summed E-state index contributed by atoms with van der Waals surface area (Å²) in [7, 11) is 0. The number of hydrazone groups is 1. The molecule has 0 saturated carbocycles. The number of aromatic nitrogens is 1. The van der Waals surface area contributed by atoms with Crippen molar-refractivity contribution in [1.82, 2.24) is 15.3 Å². The van der Waals surface area contributed by atoms with Gasteiger partial charge in [0.25, 0.3) is 0 Å². The average Bonchev–Trinajstić information content (AvgIpc) is 3.16. The molecule has 0 unspecified atom stereocenters. The number of nitrogens with one attached hydrogen (secondary N) is 2. The Morgan fingerprint density at radius 1 is 1.03 bits per heavy atom. The van der Waals surface area contributed by atoms with E-state index in [1.54, 1.807) is 6.21 Å². The van der Waals surface area contributed by atoms with Crippen LogP contribution in [0.3, 0.4) is 0 Å². The summed E-state index contributed by atoms with van der Waals surface area (Å²) < 4.78 is 8.13. The molecule has 4 aromatic rings. The van der Waals surface area contributed by atoms with Crippen LogP contribution in [0, 0.1) is 6.92 Å². The molecule has 4 rings (SSSR count). The molecule has 162 valence electrons. The van der Waals surface area contributed by atoms with Crippen molar-refractivity contribution in [1.29, 1.82) is 0 Å². The molecule has 1 aromatic heterocycles. The molecule has 3 aromatic carbocycles. The standard InChI is InChI=1S/C26H26N4OS/c1-20-8-7-11-23(16-20)31-15-14-30-19-22(24-12-5-6-13-25(24)30)18-28-29-26(32)27-17-21-9-3-2-4-10-21/h2-13,16,18-19H,14-15,17H2,1H3,(H2,27,29,32). The van der Waals surface area contributed by atoms with Crippen LogP contribution in [-0.4, -0.2) is 22.5 Å². The van der Waals surface area contributed by atoms with Gasteiger partial charge in [0.1, 0.15) is 12.4 Å². The maximum absolute atomic E-state index is 5.93. The SMILES string of the molecule is Cc1cccc(OCCn2cc(C=NNC(=S)NCc3ccccc3)c3ccccc32)c1. The van der Waals surface area contributed by atoms with Crippen LogP contribution in [0.25, 0.3) is 10.9 Å². The van der Waals surface area contributed by atoms with Crippen molar-refractivity contribution in [2.24, 2.45) is 5.10 Å². The second kappa shape index (κ2) is 10.6. The summed E-state index contributed by atoms with van der Waals surface area (Å²) in [6, 6.07) is 26.5. The number of hydrogen-bond acceptors (Lipinski definition) is 3. The Bertz CT molecular complexity index is 1220. The number of aryl methyl sites for hydroxylation is 1. The minimum Gasteiger partial charge on any atom is -0.492 e. The molecule has 0 aliphatic carbocycles. The summed E-state index contributed by atoms with van der Waals surface area (Å²) in [5.41, 5.74) is 7.42. The molecular formula is C26H26N4OS. The van der Waals surface area contributed by atoms with E-state index in [9.17, 15) is 0 Å². The van der Waals surface area contributed by atoms with Gasteiger partial charge in [-0.2, -0.15) is 5.10 Å². The fourth-order valence-electron chi connectivity index (χ4n) is 3.51. The third-order valence-electron chi connectivity index (χ3n) is 5.08. The summed E-state index contributed by atoms with van der Waals surface area (Å²) in [6.07, 6.45) is 3.90. The molecule has 6 heteroatoms. The average molecular weight is 443 g/mol. The van der Waals surface area contributed by atoms with E-state index in [2.05, 4.69) is 63.9 Å². The molecule has 0 atom stereocenters. The first-order chi connectivity index (χ1) is 15.7. The van der Waals surface area contributed by atoms with Crippen molar-refractivity contribution in [2.45, 2.75) is 20.0 Å².